The number of furan rings is 1. The highest BCUT2D eigenvalue weighted by atomic mass is 32.1. The number of carbonyl (C=O) groups is 2. The van der Waals surface area contributed by atoms with Gasteiger partial charge in [0.05, 0.1) is 29.4 Å². The molecule has 0 aliphatic rings. The third-order valence-electron chi connectivity index (χ3n) is 3.51. The second-order valence-electron chi connectivity index (χ2n) is 5.40. The number of anilines is 2. The second-order valence-corrected chi connectivity index (χ2v) is 6.26. The van der Waals surface area contributed by atoms with Crippen LogP contribution >= 0.6 is 11.3 Å². The molecular formula is C17H13N5O3S. The van der Waals surface area contributed by atoms with E-state index >= 15 is 0 Å². The van der Waals surface area contributed by atoms with Crippen LogP contribution < -0.4 is 10.6 Å². The van der Waals surface area contributed by atoms with Gasteiger partial charge in [0.15, 0.2) is 10.9 Å². The van der Waals surface area contributed by atoms with Crippen molar-refractivity contribution >= 4 is 45.3 Å². The lowest BCUT2D eigenvalue weighted by Gasteiger charge is -1.99. The van der Waals surface area contributed by atoms with Crippen LogP contribution in [0.4, 0.5) is 11.1 Å². The molecule has 3 N–H and O–H groups in total. The fourth-order valence-electron chi connectivity index (χ4n) is 2.36. The lowest BCUT2D eigenvalue weighted by Crippen LogP contribution is -2.16. The monoisotopic (exact) mass is 367 g/mol. The molecule has 1 aromatic carbocycles. The topological polar surface area (TPSA) is 113 Å². The summed E-state index contributed by atoms with van der Waals surface area (Å²) in [6, 6.07) is 10.7. The van der Waals surface area contributed by atoms with Crippen LogP contribution in [0.15, 0.2) is 52.5 Å². The zero-order chi connectivity index (χ0) is 17.9. The number of amides is 2. The van der Waals surface area contributed by atoms with Gasteiger partial charge in [-0.2, -0.15) is 0 Å². The number of nitrogens with one attached hydrogen (secondary N) is 3. The van der Waals surface area contributed by atoms with Crippen LogP contribution in [0, 0.1) is 0 Å². The van der Waals surface area contributed by atoms with Gasteiger partial charge in [-0.05, 0) is 24.3 Å². The first-order chi connectivity index (χ1) is 12.7. The average molecular weight is 367 g/mol. The normalized spacial score (nSPS) is 10.8. The summed E-state index contributed by atoms with van der Waals surface area (Å²) in [5, 5.41) is 7.46. The lowest BCUT2D eigenvalue weighted by atomic mass is 10.3. The largest absolute Gasteiger partial charge is 0.459 e. The number of fused-ring (bicyclic) bond motifs is 1. The predicted octanol–water partition coefficient (Wildman–Crippen LogP) is 3.05. The Morgan fingerprint density at radius 3 is 2.81 bits per heavy atom. The van der Waals surface area contributed by atoms with Gasteiger partial charge in [0.25, 0.3) is 5.91 Å². The van der Waals surface area contributed by atoms with Crippen LogP contribution in [0.25, 0.3) is 11.0 Å². The summed E-state index contributed by atoms with van der Waals surface area (Å²) in [7, 11) is 0. The highest BCUT2D eigenvalue weighted by Gasteiger charge is 2.13. The van der Waals surface area contributed by atoms with Gasteiger partial charge in [0.2, 0.25) is 11.9 Å². The third-order valence-corrected chi connectivity index (χ3v) is 4.31. The molecule has 2 amide bonds. The minimum absolute atomic E-state index is 0.0736. The van der Waals surface area contributed by atoms with Crippen molar-refractivity contribution in [2.45, 2.75) is 6.42 Å². The Kier molecular flexibility index (Phi) is 4.20. The quantitative estimate of drug-likeness (QED) is 0.502. The fraction of sp³-hybridized carbons (Fsp3) is 0.0588. The number of H-pyrrole nitrogens is 1. The molecule has 0 fully saturated rings. The molecule has 130 valence electrons. The number of para-hydroxylation sites is 2. The molecule has 4 aromatic rings. The van der Waals surface area contributed by atoms with Crippen molar-refractivity contribution in [2.75, 3.05) is 10.6 Å². The number of aromatic amines is 1. The van der Waals surface area contributed by atoms with E-state index < -0.39 is 0 Å². The molecule has 0 unspecified atom stereocenters. The minimum atomic E-state index is -0.386. The molecule has 4 rings (SSSR count). The van der Waals surface area contributed by atoms with E-state index in [1.54, 1.807) is 17.5 Å². The smallest absolute Gasteiger partial charge is 0.293 e. The zero-order valence-electron chi connectivity index (χ0n) is 13.4. The lowest BCUT2D eigenvalue weighted by molar-refractivity contribution is -0.115. The summed E-state index contributed by atoms with van der Waals surface area (Å²) in [4.78, 5) is 35.6. The number of benzene rings is 1. The molecule has 0 atom stereocenters. The van der Waals surface area contributed by atoms with E-state index in [2.05, 4.69) is 25.6 Å². The molecule has 0 saturated carbocycles. The molecule has 9 heteroatoms. The van der Waals surface area contributed by atoms with Gasteiger partial charge in [-0.15, -0.1) is 11.3 Å². The van der Waals surface area contributed by atoms with Gasteiger partial charge in [-0.1, -0.05) is 12.1 Å². The van der Waals surface area contributed by atoms with E-state index in [9.17, 15) is 9.59 Å². The summed E-state index contributed by atoms with van der Waals surface area (Å²) in [6.45, 7) is 0. The number of carbonyl (C=O) groups excluding carboxylic acids is 2. The molecular weight excluding hydrogens is 354 g/mol. The van der Waals surface area contributed by atoms with E-state index in [0.717, 1.165) is 11.0 Å². The summed E-state index contributed by atoms with van der Waals surface area (Å²) < 4.78 is 5.02. The predicted molar refractivity (Wildman–Crippen MR) is 97.2 cm³/mol. The summed E-state index contributed by atoms with van der Waals surface area (Å²) in [5.74, 6) is -0.0527. The number of nitrogens with zero attached hydrogens (tertiary/aromatic N) is 2. The Labute approximate surface area is 151 Å². The zero-order valence-corrected chi connectivity index (χ0v) is 14.2. The van der Waals surface area contributed by atoms with Crippen molar-refractivity contribution < 1.29 is 14.0 Å². The molecule has 26 heavy (non-hydrogen) atoms. The van der Waals surface area contributed by atoms with Crippen molar-refractivity contribution in [3.05, 3.63) is 59.5 Å². The highest BCUT2D eigenvalue weighted by molar-refractivity contribution is 7.14. The van der Waals surface area contributed by atoms with Crippen LogP contribution in [0.2, 0.25) is 0 Å². The number of hydrogen-bond acceptors (Lipinski definition) is 6. The number of imidazole rings is 1. The molecule has 8 nitrogen and oxygen atoms in total. The maximum atomic E-state index is 12.2. The van der Waals surface area contributed by atoms with Crippen molar-refractivity contribution in [1.29, 1.82) is 0 Å². The molecule has 0 spiro atoms. The summed E-state index contributed by atoms with van der Waals surface area (Å²) in [5.41, 5.74) is 2.18. The van der Waals surface area contributed by atoms with Gasteiger partial charge >= 0.3 is 0 Å². The summed E-state index contributed by atoms with van der Waals surface area (Å²) in [6.07, 6.45) is 1.49. The maximum Gasteiger partial charge on any atom is 0.293 e. The first kappa shape index (κ1) is 16.0. The maximum absolute atomic E-state index is 12.2. The van der Waals surface area contributed by atoms with E-state index in [0.29, 0.717) is 16.8 Å². The molecule has 3 heterocycles. The van der Waals surface area contributed by atoms with Crippen molar-refractivity contribution in [3.63, 3.8) is 0 Å². The van der Waals surface area contributed by atoms with E-state index in [-0.39, 0.29) is 24.0 Å². The molecule has 0 aliphatic heterocycles. The van der Waals surface area contributed by atoms with Gasteiger partial charge in [-0.25, -0.2) is 9.97 Å². The van der Waals surface area contributed by atoms with E-state index in [4.69, 9.17) is 4.42 Å². The Hall–Kier alpha value is -3.46. The number of thiazole rings is 1. The number of aromatic nitrogens is 3. The van der Waals surface area contributed by atoms with E-state index in [1.807, 2.05) is 24.3 Å². The van der Waals surface area contributed by atoms with Gasteiger partial charge in [-0.3, -0.25) is 20.2 Å². The van der Waals surface area contributed by atoms with Gasteiger partial charge in [0, 0.05) is 5.38 Å². The Morgan fingerprint density at radius 1 is 1.12 bits per heavy atom. The van der Waals surface area contributed by atoms with Gasteiger partial charge < -0.3 is 9.40 Å². The fourth-order valence-corrected chi connectivity index (χ4v) is 3.07. The molecule has 3 aromatic heterocycles. The Bertz CT molecular complexity index is 1030. The third kappa shape index (κ3) is 3.47. The second kappa shape index (κ2) is 6.81. The Balaban J connectivity index is 1.37. The van der Waals surface area contributed by atoms with Crippen molar-refractivity contribution in [3.8, 4) is 0 Å². The highest BCUT2D eigenvalue weighted by Crippen LogP contribution is 2.18. The number of rotatable bonds is 5. The molecule has 0 radical (unpaired) electrons. The SMILES string of the molecule is O=C(Cc1csc(NC(=O)c2ccco2)n1)Nc1nc2ccccc2[nH]1. The minimum Gasteiger partial charge on any atom is -0.459 e. The van der Waals surface area contributed by atoms with Crippen LogP contribution in [0.1, 0.15) is 16.2 Å². The van der Waals surface area contributed by atoms with Crippen LogP contribution in [-0.2, 0) is 11.2 Å². The van der Waals surface area contributed by atoms with Crippen LogP contribution in [-0.4, -0.2) is 26.8 Å². The first-order valence-electron chi connectivity index (χ1n) is 7.71. The van der Waals surface area contributed by atoms with Crippen LogP contribution in [0.5, 0.6) is 0 Å². The van der Waals surface area contributed by atoms with Crippen molar-refractivity contribution in [1.82, 2.24) is 15.0 Å². The average Bonchev–Trinajstić information content (AvgIpc) is 3.34. The molecule has 0 bridgehead atoms. The Morgan fingerprint density at radius 2 is 2.00 bits per heavy atom. The summed E-state index contributed by atoms with van der Waals surface area (Å²) >= 11 is 1.24. The van der Waals surface area contributed by atoms with Crippen molar-refractivity contribution in [2.24, 2.45) is 0 Å². The number of hydrogen-bond donors (Lipinski definition) is 3. The molecule has 0 saturated heterocycles. The van der Waals surface area contributed by atoms with Gasteiger partial charge in [0.1, 0.15) is 0 Å². The van der Waals surface area contributed by atoms with E-state index in [1.165, 1.54) is 17.6 Å². The first-order valence-corrected chi connectivity index (χ1v) is 8.59. The molecule has 0 aliphatic carbocycles. The standard InChI is InChI=1S/C17H13N5O3S/c23-14(21-16-19-11-4-1-2-5-12(11)20-16)8-10-9-26-17(18-10)22-15(24)13-6-3-7-25-13/h1-7,9H,8H2,(H,18,22,24)(H2,19,20,21,23). The van der Waals surface area contributed by atoms with Crippen LogP contribution in [0.3, 0.4) is 0 Å².